The molecule has 5 nitrogen and oxygen atoms in total. The number of carbonyl (C=O) groups is 1. The average Bonchev–Trinajstić information content (AvgIpc) is 3.47. The zero-order valence-electron chi connectivity index (χ0n) is 19.8. The summed E-state index contributed by atoms with van der Waals surface area (Å²) in [5.74, 6) is -0.0428. The van der Waals surface area contributed by atoms with Crippen molar-refractivity contribution in [1.29, 1.82) is 0 Å². The second-order valence-electron chi connectivity index (χ2n) is 8.93. The molecule has 2 aromatic heterocycles. The molecule has 5 rings (SSSR count). The van der Waals surface area contributed by atoms with E-state index in [1.807, 2.05) is 66.9 Å². The van der Waals surface area contributed by atoms with Crippen LogP contribution in [0, 0.1) is 0 Å². The van der Waals surface area contributed by atoms with E-state index in [1.165, 1.54) is 10.9 Å². The molecule has 3 N–H and O–H groups in total. The number of rotatable bonds is 10. The third-order valence-corrected chi connectivity index (χ3v) is 6.92. The molecule has 0 aliphatic rings. The van der Waals surface area contributed by atoms with Gasteiger partial charge in [0.2, 0.25) is 0 Å². The van der Waals surface area contributed by atoms with E-state index in [-0.39, 0.29) is 5.78 Å². The van der Waals surface area contributed by atoms with Gasteiger partial charge in [0.1, 0.15) is 0 Å². The molecule has 0 saturated carbocycles. The summed E-state index contributed by atoms with van der Waals surface area (Å²) in [6.45, 7) is 1.76. The van der Waals surface area contributed by atoms with Gasteiger partial charge in [-0.3, -0.25) is 4.79 Å². The lowest BCUT2D eigenvalue weighted by Gasteiger charge is -2.13. The summed E-state index contributed by atoms with van der Waals surface area (Å²) in [5, 5.41) is 16.4. The van der Waals surface area contributed by atoms with E-state index in [1.54, 1.807) is 6.08 Å². The smallest absolute Gasteiger partial charge is 0.185 e. The third kappa shape index (κ3) is 5.51. The van der Waals surface area contributed by atoms with Gasteiger partial charge in [0.25, 0.3) is 0 Å². The second kappa shape index (κ2) is 11.1. The Kier molecular flexibility index (Phi) is 7.47. The molecule has 0 spiro atoms. The SMILES string of the molecule is O=C(C=Cc1cn(CC(O)CNCCc2c[nH]c3ccccc23)c2ccccc12)c1ccc(Br)cc1. The minimum atomic E-state index is -0.537. The van der Waals surface area contributed by atoms with Crippen LogP contribution >= 0.6 is 15.9 Å². The second-order valence-corrected chi connectivity index (χ2v) is 9.84. The Morgan fingerprint density at radius 1 is 1.03 bits per heavy atom. The minimum Gasteiger partial charge on any atom is -0.390 e. The number of aromatic amines is 1. The number of nitrogens with zero attached hydrogens (tertiary/aromatic N) is 1. The molecule has 5 aromatic rings. The van der Waals surface area contributed by atoms with Gasteiger partial charge in [-0.15, -0.1) is 0 Å². The van der Waals surface area contributed by atoms with Gasteiger partial charge >= 0.3 is 0 Å². The standard InChI is InChI=1S/C30H28BrN3O2/c31-24-12-9-21(10-13-24)30(36)14-11-23-19-34(29-8-4-2-6-27(23)29)20-25(35)18-32-16-15-22-17-33-28-7-3-1-5-26(22)28/h1-14,17,19,25,32-33,35H,15-16,18,20H2. The van der Waals surface area contributed by atoms with Crippen molar-refractivity contribution < 1.29 is 9.90 Å². The predicted octanol–water partition coefficient (Wildman–Crippen LogP) is 5.97. The maximum Gasteiger partial charge on any atom is 0.185 e. The summed E-state index contributed by atoms with van der Waals surface area (Å²) < 4.78 is 3.00. The molecule has 0 aliphatic carbocycles. The van der Waals surface area contributed by atoms with E-state index >= 15 is 0 Å². The maximum atomic E-state index is 12.6. The van der Waals surface area contributed by atoms with Crippen molar-refractivity contribution in [3.63, 3.8) is 0 Å². The third-order valence-electron chi connectivity index (χ3n) is 6.40. The van der Waals surface area contributed by atoms with Crippen molar-refractivity contribution in [3.05, 3.63) is 112 Å². The Morgan fingerprint density at radius 2 is 1.78 bits per heavy atom. The average molecular weight is 542 g/mol. The van der Waals surface area contributed by atoms with Gasteiger partial charge in [0, 0.05) is 62.9 Å². The number of aliphatic hydroxyl groups is 1. The van der Waals surface area contributed by atoms with Crippen LogP contribution in [0.4, 0.5) is 0 Å². The molecule has 0 bridgehead atoms. The summed E-state index contributed by atoms with van der Waals surface area (Å²) in [6, 6.07) is 23.7. The normalized spacial score (nSPS) is 12.6. The molecular weight excluding hydrogens is 514 g/mol. The van der Waals surface area contributed by atoms with Crippen LogP contribution in [-0.2, 0) is 13.0 Å². The van der Waals surface area contributed by atoms with E-state index in [9.17, 15) is 9.90 Å². The van der Waals surface area contributed by atoms with Crippen LogP contribution in [0.15, 0.2) is 95.7 Å². The van der Waals surface area contributed by atoms with Crippen LogP contribution in [0.1, 0.15) is 21.5 Å². The van der Waals surface area contributed by atoms with E-state index in [0.29, 0.717) is 18.7 Å². The van der Waals surface area contributed by atoms with Crippen molar-refractivity contribution in [3.8, 4) is 0 Å². The molecule has 0 aliphatic heterocycles. The Bertz CT molecular complexity index is 1510. The lowest BCUT2D eigenvalue weighted by Crippen LogP contribution is -2.31. The van der Waals surface area contributed by atoms with Crippen LogP contribution < -0.4 is 5.32 Å². The van der Waals surface area contributed by atoms with E-state index in [2.05, 4.69) is 55.2 Å². The summed E-state index contributed by atoms with van der Waals surface area (Å²) in [5.41, 5.74) is 5.06. The first kappa shape index (κ1) is 24.3. The van der Waals surface area contributed by atoms with Crippen LogP contribution in [0.5, 0.6) is 0 Å². The van der Waals surface area contributed by atoms with E-state index in [4.69, 9.17) is 0 Å². The minimum absolute atomic E-state index is 0.0428. The number of benzene rings is 3. The predicted molar refractivity (Wildman–Crippen MR) is 150 cm³/mol. The van der Waals surface area contributed by atoms with E-state index < -0.39 is 6.10 Å². The van der Waals surface area contributed by atoms with Gasteiger partial charge in [0.15, 0.2) is 5.78 Å². The highest BCUT2D eigenvalue weighted by atomic mass is 79.9. The molecule has 6 heteroatoms. The number of nitrogens with one attached hydrogen (secondary N) is 2. The monoisotopic (exact) mass is 541 g/mol. The highest BCUT2D eigenvalue weighted by Gasteiger charge is 2.11. The zero-order chi connectivity index (χ0) is 24.9. The first-order valence-corrected chi connectivity index (χ1v) is 12.9. The number of para-hydroxylation sites is 2. The first-order valence-electron chi connectivity index (χ1n) is 12.1. The fourth-order valence-electron chi connectivity index (χ4n) is 4.56. The number of allylic oxidation sites excluding steroid dienone is 1. The molecule has 1 atom stereocenters. The lowest BCUT2D eigenvalue weighted by molar-refractivity contribution is 0.104. The maximum absolute atomic E-state index is 12.6. The number of aromatic nitrogens is 2. The van der Waals surface area contributed by atoms with Crippen molar-refractivity contribution in [2.45, 2.75) is 19.1 Å². The molecule has 2 heterocycles. The van der Waals surface area contributed by atoms with Crippen LogP contribution in [0.25, 0.3) is 27.9 Å². The number of carbonyl (C=O) groups excluding carboxylic acids is 1. The number of H-pyrrole nitrogens is 1. The first-order chi connectivity index (χ1) is 17.6. The highest BCUT2D eigenvalue weighted by Crippen LogP contribution is 2.23. The fraction of sp³-hybridized carbons (Fsp3) is 0.167. The van der Waals surface area contributed by atoms with Crippen molar-refractivity contribution in [1.82, 2.24) is 14.9 Å². The quantitative estimate of drug-likeness (QED) is 0.116. The molecule has 0 amide bonds. The Hall–Kier alpha value is -3.45. The molecule has 3 aromatic carbocycles. The van der Waals surface area contributed by atoms with Crippen molar-refractivity contribution in [2.24, 2.45) is 0 Å². The van der Waals surface area contributed by atoms with Gasteiger partial charge in [-0.05, 0) is 67.1 Å². The van der Waals surface area contributed by atoms with Crippen molar-refractivity contribution in [2.75, 3.05) is 13.1 Å². The lowest BCUT2D eigenvalue weighted by atomic mass is 10.1. The Labute approximate surface area is 218 Å². The number of halogens is 1. The molecule has 0 saturated heterocycles. The van der Waals surface area contributed by atoms with Crippen LogP contribution in [0.3, 0.4) is 0 Å². The number of aliphatic hydroxyl groups excluding tert-OH is 1. The van der Waals surface area contributed by atoms with Crippen molar-refractivity contribution >= 4 is 49.6 Å². The Morgan fingerprint density at radius 3 is 2.61 bits per heavy atom. The van der Waals surface area contributed by atoms with Gasteiger partial charge < -0.3 is 20.0 Å². The molecule has 36 heavy (non-hydrogen) atoms. The highest BCUT2D eigenvalue weighted by molar-refractivity contribution is 9.10. The van der Waals surface area contributed by atoms with Gasteiger partial charge in [-0.2, -0.15) is 0 Å². The van der Waals surface area contributed by atoms with Gasteiger partial charge in [0.05, 0.1) is 6.10 Å². The molecule has 0 radical (unpaired) electrons. The summed E-state index contributed by atoms with van der Waals surface area (Å²) in [6.07, 6.45) is 7.89. The topological polar surface area (TPSA) is 70.1 Å². The number of hydrogen-bond donors (Lipinski definition) is 3. The van der Waals surface area contributed by atoms with Gasteiger partial charge in [-0.1, -0.05) is 52.3 Å². The summed E-state index contributed by atoms with van der Waals surface area (Å²) >= 11 is 3.40. The molecular formula is C30H28BrN3O2. The number of ketones is 1. The summed E-state index contributed by atoms with van der Waals surface area (Å²) in [4.78, 5) is 15.9. The number of fused-ring (bicyclic) bond motifs is 2. The Balaban J connectivity index is 1.21. The fourth-order valence-corrected chi connectivity index (χ4v) is 4.82. The van der Waals surface area contributed by atoms with Gasteiger partial charge in [-0.25, -0.2) is 0 Å². The van der Waals surface area contributed by atoms with Crippen LogP contribution in [0.2, 0.25) is 0 Å². The zero-order valence-corrected chi connectivity index (χ0v) is 21.4. The summed E-state index contributed by atoms with van der Waals surface area (Å²) in [7, 11) is 0. The van der Waals surface area contributed by atoms with E-state index in [0.717, 1.165) is 39.4 Å². The molecule has 182 valence electrons. The molecule has 0 fully saturated rings. The molecule has 1 unspecified atom stereocenters. The largest absolute Gasteiger partial charge is 0.390 e. The van der Waals surface area contributed by atoms with Crippen LogP contribution in [-0.4, -0.2) is 39.6 Å². The number of hydrogen-bond acceptors (Lipinski definition) is 3.